The van der Waals surface area contributed by atoms with Crippen molar-refractivity contribution in [2.45, 2.75) is 6.54 Å². The van der Waals surface area contributed by atoms with Gasteiger partial charge in [-0.3, -0.25) is 0 Å². The van der Waals surface area contributed by atoms with Crippen molar-refractivity contribution in [3.8, 4) is 28.6 Å². The lowest BCUT2D eigenvalue weighted by molar-refractivity contribution is 0.322. The van der Waals surface area contributed by atoms with E-state index in [1.807, 2.05) is 42.5 Å². The Morgan fingerprint density at radius 3 is 2.36 bits per heavy atom. The van der Waals surface area contributed by atoms with Crippen molar-refractivity contribution in [2.75, 3.05) is 26.6 Å². The van der Waals surface area contributed by atoms with E-state index in [0.717, 1.165) is 16.3 Å². The van der Waals surface area contributed by atoms with Crippen molar-refractivity contribution < 1.29 is 14.2 Å². The maximum Gasteiger partial charge on any atom is 0.203 e. The predicted molar refractivity (Wildman–Crippen MR) is 98.8 cm³/mol. The van der Waals surface area contributed by atoms with Crippen LogP contribution in [0.1, 0.15) is 5.56 Å². The van der Waals surface area contributed by atoms with Gasteiger partial charge in [0.05, 0.1) is 21.3 Å². The maximum absolute atomic E-state index is 5.50. The van der Waals surface area contributed by atoms with Crippen LogP contribution in [0.25, 0.3) is 11.4 Å². The highest BCUT2D eigenvalue weighted by Gasteiger charge is 2.16. The molecule has 0 bridgehead atoms. The number of methoxy groups -OCH3 is 3. The molecule has 1 aromatic heterocycles. The van der Waals surface area contributed by atoms with Crippen LogP contribution in [0, 0.1) is 0 Å². The van der Waals surface area contributed by atoms with Crippen LogP contribution in [-0.2, 0) is 6.54 Å². The second-order valence-electron chi connectivity index (χ2n) is 5.14. The average molecular weight is 357 g/mol. The third kappa shape index (κ3) is 3.66. The van der Waals surface area contributed by atoms with E-state index < -0.39 is 0 Å². The molecule has 0 atom stereocenters. The molecule has 2 aromatic carbocycles. The Hall–Kier alpha value is -2.80. The normalized spacial score (nSPS) is 10.4. The van der Waals surface area contributed by atoms with Gasteiger partial charge in [0.1, 0.15) is 0 Å². The van der Waals surface area contributed by atoms with Crippen LogP contribution in [0.3, 0.4) is 0 Å². The summed E-state index contributed by atoms with van der Waals surface area (Å²) in [5.41, 5.74) is 1.94. The molecule has 0 unspecified atom stereocenters. The van der Waals surface area contributed by atoms with E-state index in [9.17, 15) is 0 Å². The Balaban J connectivity index is 1.77. The molecule has 1 N–H and O–H groups in total. The van der Waals surface area contributed by atoms with Gasteiger partial charge in [0.2, 0.25) is 10.9 Å². The highest BCUT2D eigenvalue weighted by Crippen LogP contribution is 2.40. The fourth-order valence-corrected chi connectivity index (χ4v) is 3.06. The summed E-state index contributed by atoms with van der Waals surface area (Å²) in [6, 6.07) is 13.7. The fraction of sp³-hybridized carbons (Fsp3) is 0.222. The summed E-state index contributed by atoms with van der Waals surface area (Å²) in [5, 5.41) is 4.03. The van der Waals surface area contributed by atoms with Crippen LogP contribution in [0.15, 0.2) is 42.5 Å². The zero-order valence-corrected chi connectivity index (χ0v) is 15.1. The SMILES string of the molecule is COc1ccc(CNc2nc(-c3ccccc3)ns2)c(OC)c1OC. The topological polar surface area (TPSA) is 65.5 Å². The van der Waals surface area contributed by atoms with Crippen molar-refractivity contribution >= 4 is 16.7 Å². The van der Waals surface area contributed by atoms with Crippen molar-refractivity contribution in [1.82, 2.24) is 9.36 Å². The standard InChI is InChI=1S/C18H19N3O3S/c1-22-14-10-9-13(15(23-2)16(14)24-3)11-19-18-20-17(21-25-18)12-7-5-4-6-8-12/h4-10H,11H2,1-3H3,(H,19,20,21). The van der Waals surface area contributed by atoms with Gasteiger partial charge in [-0.25, -0.2) is 0 Å². The predicted octanol–water partition coefficient (Wildman–Crippen LogP) is 3.84. The van der Waals surface area contributed by atoms with Gasteiger partial charge >= 0.3 is 0 Å². The molecule has 0 fully saturated rings. The molecule has 0 aliphatic heterocycles. The van der Waals surface area contributed by atoms with E-state index in [2.05, 4.69) is 14.7 Å². The number of anilines is 1. The van der Waals surface area contributed by atoms with Crippen molar-refractivity contribution in [2.24, 2.45) is 0 Å². The summed E-state index contributed by atoms with van der Waals surface area (Å²) in [4.78, 5) is 4.53. The van der Waals surface area contributed by atoms with Gasteiger partial charge in [-0.15, -0.1) is 0 Å². The van der Waals surface area contributed by atoms with E-state index in [1.165, 1.54) is 11.5 Å². The highest BCUT2D eigenvalue weighted by molar-refractivity contribution is 7.09. The Bertz CT molecular complexity index is 837. The molecular formula is C18H19N3O3S. The Morgan fingerprint density at radius 1 is 0.920 bits per heavy atom. The zero-order chi connectivity index (χ0) is 17.6. The van der Waals surface area contributed by atoms with Gasteiger partial charge in [-0.05, 0) is 12.1 Å². The van der Waals surface area contributed by atoms with E-state index in [0.29, 0.717) is 29.6 Å². The lowest BCUT2D eigenvalue weighted by atomic mass is 10.1. The molecule has 25 heavy (non-hydrogen) atoms. The van der Waals surface area contributed by atoms with Gasteiger partial charge < -0.3 is 19.5 Å². The van der Waals surface area contributed by atoms with Gasteiger partial charge in [-0.1, -0.05) is 30.3 Å². The number of nitrogens with one attached hydrogen (secondary N) is 1. The number of hydrogen-bond acceptors (Lipinski definition) is 7. The molecule has 0 amide bonds. The number of rotatable bonds is 7. The van der Waals surface area contributed by atoms with Crippen LogP contribution >= 0.6 is 11.5 Å². The molecule has 3 aromatic rings. The molecule has 6 nitrogen and oxygen atoms in total. The van der Waals surface area contributed by atoms with Gasteiger partial charge in [-0.2, -0.15) is 9.36 Å². The molecule has 3 rings (SSSR count). The lowest BCUT2D eigenvalue weighted by Gasteiger charge is -2.15. The average Bonchev–Trinajstić information content (AvgIpc) is 3.15. The van der Waals surface area contributed by atoms with Crippen molar-refractivity contribution in [3.05, 3.63) is 48.0 Å². The second-order valence-corrected chi connectivity index (χ2v) is 5.89. The number of hydrogen-bond donors (Lipinski definition) is 1. The minimum Gasteiger partial charge on any atom is -0.493 e. The van der Waals surface area contributed by atoms with E-state index in [1.54, 1.807) is 21.3 Å². The summed E-state index contributed by atoms with van der Waals surface area (Å²) < 4.78 is 20.6. The Morgan fingerprint density at radius 2 is 1.68 bits per heavy atom. The minimum absolute atomic E-state index is 0.535. The van der Waals surface area contributed by atoms with E-state index in [-0.39, 0.29) is 0 Å². The van der Waals surface area contributed by atoms with Crippen LogP contribution in [0.2, 0.25) is 0 Å². The number of nitrogens with zero attached hydrogens (tertiary/aromatic N) is 2. The summed E-state index contributed by atoms with van der Waals surface area (Å²) in [7, 11) is 4.80. The Labute approximate surface area is 150 Å². The lowest BCUT2D eigenvalue weighted by Crippen LogP contribution is -2.04. The molecule has 0 aliphatic rings. The smallest absolute Gasteiger partial charge is 0.203 e. The van der Waals surface area contributed by atoms with Crippen LogP contribution < -0.4 is 19.5 Å². The van der Waals surface area contributed by atoms with Crippen LogP contribution in [-0.4, -0.2) is 30.7 Å². The van der Waals surface area contributed by atoms with Gasteiger partial charge in [0, 0.05) is 29.2 Å². The molecule has 0 aliphatic carbocycles. The quantitative estimate of drug-likeness (QED) is 0.693. The molecular weight excluding hydrogens is 338 g/mol. The fourth-order valence-electron chi connectivity index (χ4n) is 2.47. The first-order valence-corrected chi connectivity index (χ1v) is 8.45. The first kappa shape index (κ1) is 17.0. The monoisotopic (exact) mass is 357 g/mol. The highest BCUT2D eigenvalue weighted by atomic mass is 32.1. The molecule has 1 heterocycles. The Kier molecular flexibility index (Phi) is 5.35. The summed E-state index contributed by atoms with van der Waals surface area (Å²) in [5.74, 6) is 2.56. The summed E-state index contributed by atoms with van der Waals surface area (Å²) in [6.45, 7) is 0.535. The molecule has 130 valence electrons. The van der Waals surface area contributed by atoms with Crippen molar-refractivity contribution in [1.29, 1.82) is 0 Å². The maximum atomic E-state index is 5.50. The molecule has 0 radical (unpaired) electrons. The van der Waals surface area contributed by atoms with Crippen molar-refractivity contribution in [3.63, 3.8) is 0 Å². The third-order valence-electron chi connectivity index (χ3n) is 3.67. The number of benzene rings is 2. The first-order chi connectivity index (χ1) is 12.3. The van der Waals surface area contributed by atoms with E-state index >= 15 is 0 Å². The largest absolute Gasteiger partial charge is 0.493 e. The summed E-state index contributed by atoms with van der Waals surface area (Å²) >= 11 is 1.33. The summed E-state index contributed by atoms with van der Waals surface area (Å²) in [6.07, 6.45) is 0. The van der Waals surface area contributed by atoms with Crippen LogP contribution in [0.4, 0.5) is 5.13 Å². The van der Waals surface area contributed by atoms with Gasteiger partial charge in [0.15, 0.2) is 17.3 Å². The molecule has 0 spiro atoms. The minimum atomic E-state index is 0.535. The third-order valence-corrected chi connectivity index (χ3v) is 4.35. The number of ether oxygens (including phenoxy) is 3. The number of aromatic nitrogens is 2. The molecule has 0 saturated heterocycles. The van der Waals surface area contributed by atoms with E-state index in [4.69, 9.17) is 14.2 Å². The molecule has 7 heteroatoms. The van der Waals surface area contributed by atoms with Crippen LogP contribution in [0.5, 0.6) is 17.2 Å². The first-order valence-electron chi connectivity index (χ1n) is 7.67. The molecule has 0 saturated carbocycles. The van der Waals surface area contributed by atoms with Gasteiger partial charge in [0.25, 0.3) is 0 Å². The zero-order valence-electron chi connectivity index (χ0n) is 14.3. The second kappa shape index (κ2) is 7.85.